The Kier molecular flexibility index (Phi) is 6.02. The molecule has 0 saturated carbocycles. The molecule has 0 aliphatic rings. The molecule has 0 saturated heterocycles. The van der Waals surface area contributed by atoms with Crippen molar-refractivity contribution in [2.45, 2.75) is 25.2 Å². The zero-order chi connectivity index (χ0) is 23.1. The minimum Gasteiger partial charge on any atom is -0.406 e. The number of benzene rings is 2. The van der Waals surface area contributed by atoms with Crippen LogP contribution in [-0.2, 0) is 12.0 Å². The minimum absolute atomic E-state index is 0.0796. The number of fused-ring (bicyclic) bond motifs is 1. The molecule has 0 fully saturated rings. The third-order valence-corrected chi connectivity index (χ3v) is 5.73. The lowest BCUT2D eigenvalue weighted by Gasteiger charge is -2.25. The quantitative estimate of drug-likeness (QED) is 0.512. The van der Waals surface area contributed by atoms with Crippen molar-refractivity contribution in [3.8, 4) is 11.8 Å². The number of rotatable bonds is 5. The first kappa shape index (κ1) is 23.0. The van der Waals surface area contributed by atoms with Gasteiger partial charge in [0.05, 0.1) is 28.1 Å². The summed E-state index contributed by atoms with van der Waals surface area (Å²) < 4.78 is 43.2. The molecule has 0 aliphatic heterocycles. The maximum absolute atomic E-state index is 12.7. The van der Waals surface area contributed by atoms with Gasteiger partial charge in [-0.3, -0.25) is 9.48 Å². The molecule has 3 rings (SSSR count). The number of hydrogen-bond donors (Lipinski definition) is 1. The highest BCUT2D eigenvalue weighted by Crippen LogP contribution is 2.37. The summed E-state index contributed by atoms with van der Waals surface area (Å²) in [5.74, 6) is -1.54. The van der Waals surface area contributed by atoms with E-state index in [0.29, 0.717) is 5.39 Å². The number of primary amides is 1. The molecule has 31 heavy (non-hydrogen) atoms. The van der Waals surface area contributed by atoms with E-state index in [9.17, 15) is 23.2 Å². The molecule has 0 radical (unpaired) electrons. The van der Waals surface area contributed by atoms with Gasteiger partial charge in [0, 0.05) is 10.9 Å². The molecule has 162 valence electrons. The second kappa shape index (κ2) is 8.11. The number of alkyl halides is 3. The number of nitrogens with zero attached hydrogens (tertiary/aromatic N) is 3. The van der Waals surface area contributed by atoms with Crippen molar-refractivity contribution in [1.29, 1.82) is 5.26 Å². The summed E-state index contributed by atoms with van der Waals surface area (Å²) in [6.45, 7) is 1.17. The number of nitrogens with two attached hydrogens (primary N) is 1. The Morgan fingerprint density at radius 3 is 2.52 bits per heavy atom. The molecular weight excluding hydrogens is 480 g/mol. The van der Waals surface area contributed by atoms with Gasteiger partial charge in [-0.05, 0) is 42.8 Å². The van der Waals surface area contributed by atoms with E-state index < -0.39 is 23.4 Å². The van der Waals surface area contributed by atoms with Crippen molar-refractivity contribution in [2.24, 2.45) is 5.73 Å². The molecule has 1 unspecified atom stereocenters. The number of carbonyl (C=O) groups excluding carboxylic acids is 1. The third-order valence-electron chi connectivity index (χ3n) is 4.54. The standard InChI is InChI=1S/C19H12Cl3F3N4O2/c1-18(7-26,8-29-16(22)11-4-5-13(20)14(21)15(11)28-29)12-6-9(31-19(23,24)25)2-3-10(12)17(27)30/h2-6H,8H2,1H3,(H2,27,30). The van der Waals surface area contributed by atoms with Crippen LogP contribution in [0, 0.1) is 11.3 Å². The number of aromatic nitrogens is 2. The van der Waals surface area contributed by atoms with Gasteiger partial charge in [0.2, 0.25) is 5.91 Å². The molecule has 0 aliphatic carbocycles. The fraction of sp³-hybridized carbons (Fsp3) is 0.211. The summed E-state index contributed by atoms with van der Waals surface area (Å²) >= 11 is 18.5. The molecule has 2 aromatic carbocycles. The molecular formula is C19H12Cl3F3N4O2. The molecule has 2 N–H and O–H groups in total. The Labute approximate surface area is 188 Å². The van der Waals surface area contributed by atoms with E-state index in [1.807, 2.05) is 6.07 Å². The van der Waals surface area contributed by atoms with Crippen molar-refractivity contribution in [3.63, 3.8) is 0 Å². The number of ether oxygens (including phenoxy) is 1. The van der Waals surface area contributed by atoms with E-state index in [-0.39, 0.29) is 38.4 Å². The zero-order valence-electron chi connectivity index (χ0n) is 15.6. The predicted molar refractivity (Wildman–Crippen MR) is 109 cm³/mol. The maximum atomic E-state index is 12.7. The van der Waals surface area contributed by atoms with E-state index >= 15 is 0 Å². The van der Waals surface area contributed by atoms with E-state index in [1.165, 1.54) is 17.7 Å². The normalized spacial score (nSPS) is 13.6. The Bertz CT molecular complexity index is 1240. The molecule has 3 aromatic rings. The smallest absolute Gasteiger partial charge is 0.406 e. The number of halogens is 6. The van der Waals surface area contributed by atoms with E-state index in [2.05, 4.69) is 9.84 Å². The topological polar surface area (TPSA) is 93.9 Å². The van der Waals surface area contributed by atoms with Crippen molar-refractivity contribution >= 4 is 51.6 Å². The lowest BCUT2D eigenvalue weighted by Crippen LogP contribution is -2.31. The van der Waals surface area contributed by atoms with Crippen LogP contribution in [0.25, 0.3) is 10.9 Å². The van der Waals surface area contributed by atoms with Crippen LogP contribution in [0.1, 0.15) is 22.8 Å². The van der Waals surface area contributed by atoms with Crippen molar-refractivity contribution in [3.05, 3.63) is 56.7 Å². The number of nitriles is 1. The molecule has 1 amide bonds. The molecule has 1 heterocycles. The third kappa shape index (κ3) is 4.51. The average Bonchev–Trinajstić information content (AvgIpc) is 2.99. The van der Waals surface area contributed by atoms with Gasteiger partial charge in [0.15, 0.2) is 0 Å². The van der Waals surface area contributed by atoms with Gasteiger partial charge >= 0.3 is 6.36 Å². The number of carbonyl (C=O) groups is 1. The van der Waals surface area contributed by atoms with Gasteiger partial charge in [-0.2, -0.15) is 10.4 Å². The second-order valence-corrected chi connectivity index (χ2v) is 7.91. The van der Waals surface area contributed by atoms with Crippen molar-refractivity contribution in [1.82, 2.24) is 9.78 Å². The highest BCUT2D eigenvalue weighted by molar-refractivity contribution is 6.46. The fourth-order valence-electron chi connectivity index (χ4n) is 3.08. The SMILES string of the molecule is CC(C#N)(Cn1nc2c(Cl)c(Cl)ccc2c1Cl)c1cc(OC(F)(F)F)ccc1C(N)=O. The molecule has 0 spiro atoms. The Morgan fingerprint density at radius 2 is 1.94 bits per heavy atom. The summed E-state index contributed by atoms with van der Waals surface area (Å²) in [6.07, 6.45) is -4.96. The number of amides is 1. The first-order valence-electron chi connectivity index (χ1n) is 8.47. The molecule has 1 atom stereocenters. The van der Waals surface area contributed by atoms with Gasteiger partial charge in [-0.1, -0.05) is 34.8 Å². The molecule has 12 heteroatoms. The van der Waals surface area contributed by atoms with Crippen LogP contribution < -0.4 is 10.5 Å². The Hall–Kier alpha value is -2.67. The average molecular weight is 492 g/mol. The highest BCUT2D eigenvalue weighted by atomic mass is 35.5. The van der Waals surface area contributed by atoms with Crippen LogP contribution in [0.3, 0.4) is 0 Å². The zero-order valence-corrected chi connectivity index (χ0v) is 17.9. The first-order valence-corrected chi connectivity index (χ1v) is 9.61. The van der Waals surface area contributed by atoms with Crippen molar-refractivity contribution < 1.29 is 22.7 Å². The van der Waals surface area contributed by atoms with Crippen LogP contribution in [0.4, 0.5) is 13.2 Å². The highest BCUT2D eigenvalue weighted by Gasteiger charge is 2.36. The van der Waals surface area contributed by atoms with E-state index in [1.54, 1.807) is 6.07 Å². The van der Waals surface area contributed by atoms with E-state index in [4.69, 9.17) is 40.5 Å². The van der Waals surface area contributed by atoms with Gasteiger partial charge in [0.25, 0.3) is 0 Å². The van der Waals surface area contributed by atoms with Crippen LogP contribution in [-0.4, -0.2) is 22.1 Å². The summed E-state index contributed by atoms with van der Waals surface area (Å²) in [6, 6.07) is 8.06. The monoisotopic (exact) mass is 490 g/mol. The van der Waals surface area contributed by atoms with E-state index in [0.717, 1.165) is 18.2 Å². The minimum atomic E-state index is -4.96. The summed E-state index contributed by atoms with van der Waals surface area (Å²) in [5, 5.41) is 15.1. The molecule has 0 bridgehead atoms. The lowest BCUT2D eigenvalue weighted by molar-refractivity contribution is -0.274. The molecule has 6 nitrogen and oxygen atoms in total. The van der Waals surface area contributed by atoms with Gasteiger partial charge in [-0.15, -0.1) is 13.2 Å². The predicted octanol–water partition coefficient (Wildman–Crippen LogP) is 5.48. The summed E-state index contributed by atoms with van der Waals surface area (Å²) in [5.41, 5.74) is 3.86. The molecule has 1 aromatic heterocycles. The van der Waals surface area contributed by atoms with Crippen LogP contribution in [0.5, 0.6) is 5.75 Å². The number of hydrogen-bond acceptors (Lipinski definition) is 4. The van der Waals surface area contributed by atoms with Crippen LogP contribution in [0.2, 0.25) is 15.2 Å². The largest absolute Gasteiger partial charge is 0.573 e. The van der Waals surface area contributed by atoms with Gasteiger partial charge in [-0.25, -0.2) is 0 Å². The van der Waals surface area contributed by atoms with Gasteiger partial charge < -0.3 is 10.5 Å². The summed E-state index contributed by atoms with van der Waals surface area (Å²) in [4.78, 5) is 11.9. The second-order valence-electron chi connectivity index (χ2n) is 6.77. The Balaban J connectivity index is 2.14. The Morgan fingerprint density at radius 1 is 1.26 bits per heavy atom. The van der Waals surface area contributed by atoms with Crippen LogP contribution >= 0.6 is 34.8 Å². The fourth-order valence-corrected chi connectivity index (χ4v) is 3.69. The van der Waals surface area contributed by atoms with Crippen LogP contribution in [0.15, 0.2) is 30.3 Å². The summed E-state index contributed by atoms with van der Waals surface area (Å²) in [7, 11) is 0. The first-order chi connectivity index (χ1) is 14.4. The lowest BCUT2D eigenvalue weighted by atomic mass is 9.80. The van der Waals surface area contributed by atoms with Gasteiger partial charge in [0.1, 0.15) is 16.4 Å². The van der Waals surface area contributed by atoms with Crippen molar-refractivity contribution in [2.75, 3.05) is 0 Å². The maximum Gasteiger partial charge on any atom is 0.573 e.